The van der Waals surface area contributed by atoms with Crippen molar-refractivity contribution in [1.82, 2.24) is 9.78 Å². The van der Waals surface area contributed by atoms with E-state index in [9.17, 15) is 10.1 Å². The Morgan fingerprint density at radius 1 is 1.48 bits per heavy atom. The Morgan fingerprint density at radius 2 is 2.14 bits per heavy atom. The second kappa shape index (κ2) is 5.23. The molecular formula is C13H15N5O3. The van der Waals surface area contributed by atoms with E-state index in [2.05, 4.69) is 5.10 Å². The topological polar surface area (TPSA) is 120 Å². The third-order valence-electron chi connectivity index (χ3n) is 3.01. The highest BCUT2D eigenvalue weighted by molar-refractivity contribution is 5.98. The van der Waals surface area contributed by atoms with Crippen LogP contribution in [0.4, 0.5) is 5.69 Å². The predicted molar refractivity (Wildman–Crippen MR) is 76.9 cm³/mol. The maximum Gasteiger partial charge on any atom is 0.269 e. The summed E-state index contributed by atoms with van der Waals surface area (Å²) in [6.45, 7) is 3.44. The second-order valence-corrected chi connectivity index (χ2v) is 4.61. The SMILES string of the molecule is Cc1cc([N+](=O)[O-])ccc1Oc1c(C(=N)N)c(C)nn1C. The maximum absolute atomic E-state index is 10.7. The number of aryl methyl sites for hydroxylation is 3. The fraction of sp³-hybridized carbons (Fsp3) is 0.231. The van der Waals surface area contributed by atoms with Crippen molar-refractivity contribution in [2.45, 2.75) is 13.8 Å². The molecule has 1 aromatic carbocycles. The van der Waals surface area contributed by atoms with Crippen molar-refractivity contribution in [2.24, 2.45) is 12.8 Å². The van der Waals surface area contributed by atoms with Crippen molar-refractivity contribution < 1.29 is 9.66 Å². The van der Waals surface area contributed by atoms with Crippen molar-refractivity contribution in [2.75, 3.05) is 0 Å². The van der Waals surface area contributed by atoms with E-state index < -0.39 is 4.92 Å². The largest absolute Gasteiger partial charge is 0.438 e. The lowest BCUT2D eigenvalue weighted by Crippen LogP contribution is -2.13. The van der Waals surface area contributed by atoms with E-state index in [0.717, 1.165) is 0 Å². The summed E-state index contributed by atoms with van der Waals surface area (Å²) >= 11 is 0. The zero-order valence-electron chi connectivity index (χ0n) is 11.9. The van der Waals surface area contributed by atoms with Crippen LogP contribution >= 0.6 is 0 Å². The fourth-order valence-electron chi connectivity index (χ4n) is 2.03. The van der Waals surface area contributed by atoms with Crippen molar-refractivity contribution in [3.05, 3.63) is 45.1 Å². The molecule has 0 amide bonds. The van der Waals surface area contributed by atoms with Crippen molar-refractivity contribution in [3.63, 3.8) is 0 Å². The minimum Gasteiger partial charge on any atom is -0.438 e. The summed E-state index contributed by atoms with van der Waals surface area (Å²) in [6.07, 6.45) is 0. The van der Waals surface area contributed by atoms with E-state index in [4.69, 9.17) is 15.9 Å². The van der Waals surface area contributed by atoms with Gasteiger partial charge in [0.25, 0.3) is 5.69 Å². The number of rotatable bonds is 4. The van der Waals surface area contributed by atoms with Gasteiger partial charge in [-0.05, 0) is 25.5 Å². The molecule has 0 aliphatic carbocycles. The van der Waals surface area contributed by atoms with Crippen LogP contribution in [0.2, 0.25) is 0 Å². The molecule has 1 aromatic heterocycles. The Labute approximate surface area is 120 Å². The molecule has 110 valence electrons. The number of nitro groups is 1. The number of benzene rings is 1. The minimum absolute atomic E-state index is 0.00664. The molecule has 2 aromatic rings. The monoisotopic (exact) mass is 289 g/mol. The van der Waals surface area contributed by atoms with Crippen LogP contribution in [0, 0.1) is 29.4 Å². The highest BCUT2D eigenvalue weighted by Crippen LogP contribution is 2.30. The Balaban J connectivity index is 2.44. The van der Waals surface area contributed by atoms with Gasteiger partial charge < -0.3 is 10.5 Å². The van der Waals surface area contributed by atoms with E-state index >= 15 is 0 Å². The van der Waals surface area contributed by atoms with Crippen molar-refractivity contribution in [1.29, 1.82) is 5.41 Å². The first-order chi connectivity index (χ1) is 9.81. The molecule has 8 nitrogen and oxygen atoms in total. The van der Waals surface area contributed by atoms with Gasteiger partial charge in [0.2, 0.25) is 5.88 Å². The molecule has 0 spiro atoms. The molecule has 0 saturated carbocycles. The predicted octanol–water partition coefficient (Wildman–Crippen LogP) is 2.02. The maximum atomic E-state index is 10.7. The molecule has 0 unspecified atom stereocenters. The standard InChI is InChI=1S/C13H15N5O3/c1-7-6-9(18(19)20)4-5-10(7)21-13-11(12(14)15)8(2)16-17(13)3/h4-6H,1-3H3,(H3,14,15). The van der Waals surface area contributed by atoms with Gasteiger partial charge in [0, 0.05) is 19.2 Å². The third kappa shape index (κ3) is 2.69. The lowest BCUT2D eigenvalue weighted by atomic mass is 10.2. The normalized spacial score (nSPS) is 10.4. The smallest absolute Gasteiger partial charge is 0.269 e. The molecule has 8 heteroatoms. The van der Waals surface area contributed by atoms with Gasteiger partial charge in [0.05, 0.1) is 10.6 Å². The van der Waals surface area contributed by atoms with Gasteiger partial charge in [0.1, 0.15) is 17.1 Å². The molecule has 0 atom stereocenters. The van der Waals surface area contributed by atoms with Crippen LogP contribution in [0.3, 0.4) is 0 Å². The average molecular weight is 289 g/mol. The van der Waals surface area contributed by atoms with Crippen molar-refractivity contribution in [3.8, 4) is 11.6 Å². The number of hydrogen-bond donors (Lipinski definition) is 2. The quantitative estimate of drug-likeness (QED) is 0.386. The van der Waals surface area contributed by atoms with Gasteiger partial charge in [-0.15, -0.1) is 0 Å². The number of nitrogens with one attached hydrogen (secondary N) is 1. The molecule has 0 saturated heterocycles. The molecule has 0 aliphatic rings. The second-order valence-electron chi connectivity index (χ2n) is 4.61. The first kappa shape index (κ1) is 14.5. The number of aromatic nitrogens is 2. The van der Waals surface area contributed by atoms with Crippen LogP contribution in [-0.4, -0.2) is 20.5 Å². The first-order valence-corrected chi connectivity index (χ1v) is 6.12. The number of non-ortho nitro benzene ring substituents is 1. The van der Waals surface area contributed by atoms with E-state index in [1.165, 1.54) is 22.9 Å². The summed E-state index contributed by atoms with van der Waals surface area (Å²) in [4.78, 5) is 10.3. The van der Waals surface area contributed by atoms with E-state index in [1.54, 1.807) is 20.9 Å². The Kier molecular flexibility index (Phi) is 3.62. The number of nitrogens with zero attached hydrogens (tertiary/aromatic N) is 3. The average Bonchev–Trinajstić information content (AvgIpc) is 2.66. The summed E-state index contributed by atoms with van der Waals surface area (Å²) in [5.74, 6) is 0.637. The van der Waals surface area contributed by atoms with Crippen LogP contribution in [0.15, 0.2) is 18.2 Å². The summed E-state index contributed by atoms with van der Waals surface area (Å²) in [5.41, 5.74) is 7.14. The van der Waals surface area contributed by atoms with Gasteiger partial charge in [0.15, 0.2) is 0 Å². The number of ether oxygens (including phenoxy) is 1. The summed E-state index contributed by atoms with van der Waals surface area (Å²) in [5, 5.41) is 22.5. The van der Waals surface area contributed by atoms with E-state index in [1.807, 2.05) is 0 Å². The lowest BCUT2D eigenvalue weighted by Gasteiger charge is -2.10. The molecular weight excluding hydrogens is 274 g/mol. The molecule has 2 rings (SSSR count). The molecule has 1 heterocycles. The van der Waals surface area contributed by atoms with E-state index in [0.29, 0.717) is 28.5 Å². The number of amidine groups is 1. The molecule has 0 radical (unpaired) electrons. The van der Waals surface area contributed by atoms with Gasteiger partial charge >= 0.3 is 0 Å². The lowest BCUT2D eigenvalue weighted by molar-refractivity contribution is -0.384. The highest BCUT2D eigenvalue weighted by atomic mass is 16.6. The van der Waals surface area contributed by atoms with Crippen LogP contribution in [-0.2, 0) is 7.05 Å². The van der Waals surface area contributed by atoms with Crippen LogP contribution in [0.5, 0.6) is 11.6 Å². The number of nitrogen functional groups attached to an aromatic ring is 1. The van der Waals surface area contributed by atoms with Crippen LogP contribution < -0.4 is 10.5 Å². The van der Waals surface area contributed by atoms with E-state index in [-0.39, 0.29) is 11.5 Å². The van der Waals surface area contributed by atoms with Gasteiger partial charge in [-0.3, -0.25) is 15.5 Å². The highest BCUT2D eigenvalue weighted by Gasteiger charge is 2.19. The van der Waals surface area contributed by atoms with Gasteiger partial charge in [-0.1, -0.05) is 0 Å². The molecule has 3 N–H and O–H groups in total. The number of hydrogen-bond acceptors (Lipinski definition) is 5. The van der Waals surface area contributed by atoms with Crippen LogP contribution in [0.25, 0.3) is 0 Å². The first-order valence-electron chi connectivity index (χ1n) is 6.12. The molecule has 21 heavy (non-hydrogen) atoms. The molecule has 0 aliphatic heterocycles. The van der Waals surface area contributed by atoms with Gasteiger partial charge in [-0.25, -0.2) is 4.68 Å². The Morgan fingerprint density at radius 3 is 2.67 bits per heavy atom. The Hall–Kier alpha value is -2.90. The van der Waals surface area contributed by atoms with Crippen molar-refractivity contribution >= 4 is 11.5 Å². The molecule has 0 bridgehead atoms. The number of nitro benzene ring substituents is 1. The van der Waals surface area contributed by atoms with Crippen LogP contribution in [0.1, 0.15) is 16.8 Å². The fourth-order valence-corrected chi connectivity index (χ4v) is 2.03. The summed E-state index contributed by atoms with van der Waals surface area (Å²) < 4.78 is 7.22. The zero-order valence-corrected chi connectivity index (χ0v) is 11.9. The third-order valence-corrected chi connectivity index (χ3v) is 3.01. The summed E-state index contributed by atoms with van der Waals surface area (Å²) in [7, 11) is 1.68. The zero-order chi connectivity index (χ0) is 15.7. The minimum atomic E-state index is -0.466. The Bertz CT molecular complexity index is 736. The van der Waals surface area contributed by atoms with Gasteiger partial charge in [-0.2, -0.15) is 5.10 Å². The number of nitrogens with two attached hydrogens (primary N) is 1. The summed E-state index contributed by atoms with van der Waals surface area (Å²) in [6, 6.07) is 4.30. The molecule has 0 fully saturated rings.